The number of aromatic nitrogens is 2. The third-order valence-electron chi connectivity index (χ3n) is 3.22. The fraction of sp³-hybridized carbons (Fsp3) is 0.769. The van der Waals surface area contributed by atoms with Crippen molar-refractivity contribution < 1.29 is 0 Å². The number of nitrogens with one attached hydrogen (secondary N) is 1. The molecule has 98 valence electrons. The van der Waals surface area contributed by atoms with Gasteiger partial charge in [0.05, 0.1) is 5.69 Å². The van der Waals surface area contributed by atoms with Crippen LogP contribution in [0.5, 0.6) is 0 Å². The summed E-state index contributed by atoms with van der Waals surface area (Å²) in [7, 11) is 0. The van der Waals surface area contributed by atoms with Gasteiger partial charge in [-0.05, 0) is 25.3 Å². The maximum Gasteiger partial charge on any atom is 0.0762 e. The lowest BCUT2D eigenvalue weighted by atomic mass is 10.1. The van der Waals surface area contributed by atoms with E-state index >= 15 is 0 Å². The second-order valence-electron chi connectivity index (χ2n) is 4.93. The third kappa shape index (κ3) is 4.58. The SMILES string of the molecule is CCC(C)n1ccc(CNC(CI)C(C)C)n1. The highest BCUT2D eigenvalue weighted by molar-refractivity contribution is 14.1. The zero-order chi connectivity index (χ0) is 12.8. The van der Waals surface area contributed by atoms with Crippen molar-refractivity contribution >= 4 is 22.6 Å². The number of rotatable bonds is 7. The van der Waals surface area contributed by atoms with Crippen LogP contribution in [0, 0.1) is 5.92 Å². The van der Waals surface area contributed by atoms with Crippen LogP contribution in [0.3, 0.4) is 0 Å². The Kier molecular flexibility index (Phi) is 6.48. The van der Waals surface area contributed by atoms with E-state index in [0.29, 0.717) is 18.0 Å². The molecule has 2 unspecified atom stereocenters. The molecule has 0 saturated heterocycles. The fourth-order valence-corrected chi connectivity index (χ4v) is 2.94. The van der Waals surface area contributed by atoms with Gasteiger partial charge >= 0.3 is 0 Å². The third-order valence-corrected chi connectivity index (χ3v) is 4.17. The van der Waals surface area contributed by atoms with Crippen LogP contribution >= 0.6 is 22.6 Å². The van der Waals surface area contributed by atoms with Crippen molar-refractivity contribution in [3.63, 3.8) is 0 Å². The maximum absolute atomic E-state index is 4.60. The summed E-state index contributed by atoms with van der Waals surface area (Å²) in [5, 5.41) is 8.17. The molecule has 1 N–H and O–H groups in total. The van der Waals surface area contributed by atoms with E-state index in [-0.39, 0.29) is 0 Å². The Morgan fingerprint density at radius 3 is 2.65 bits per heavy atom. The molecule has 2 atom stereocenters. The number of alkyl halides is 1. The summed E-state index contributed by atoms with van der Waals surface area (Å²) in [4.78, 5) is 0. The van der Waals surface area contributed by atoms with Crippen LogP contribution in [0.15, 0.2) is 12.3 Å². The molecule has 4 heteroatoms. The van der Waals surface area contributed by atoms with E-state index in [9.17, 15) is 0 Å². The van der Waals surface area contributed by atoms with E-state index < -0.39 is 0 Å². The molecule has 0 bridgehead atoms. The predicted octanol–water partition coefficient (Wildman–Crippen LogP) is 3.40. The number of hydrogen-bond donors (Lipinski definition) is 1. The molecule has 0 spiro atoms. The van der Waals surface area contributed by atoms with Crippen LogP contribution < -0.4 is 5.32 Å². The monoisotopic (exact) mass is 349 g/mol. The first kappa shape index (κ1) is 15.0. The molecule has 0 aliphatic heterocycles. The minimum Gasteiger partial charge on any atom is -0.307 e. The van der Waals surface area contributed by atoms with Crippen molar-refractivity contribution in [2.45, 2.75) is 52.7 Å². The van der Waals surface area contributed by atoms with E-state index in [1.165, 1.54) is 0 Å². The second-order valence-corrected chi connectivity index (χ2v) is 5.81. The van der Waals surface area contributed by atoms with Gasteiger partial charge in [0.15, 0.2) is 0 Å². The van der Waals surface area contributed by atoms with E-state index in [0.717, 1.165) is 23.1 Å². The van der Waals surface area contributed by atoms with Gasteiger partial charge in [0.2, 0.25) is 0 Å². The van der Waals surface area contributed by atoms with Crippen LogP contribution in [0.25, 0.3) is 0 Å². The van der Waals surface area contributed by atoms with Gasteiger partial charge < -0.3 is 5.32 Å². The molecule has 0 radical (unpaired) electrons. The molecule has 3 nitrogen and oxygen atoms in total. The molecular weight excluding hydrogens is 325 g/mol. The Morgan fingerprint density at radius 1 is 1.41 bits per heavy atom. The van der Waals surface area contributed by atoms with Crippen molar-refractivity contribution in [1.82, 2.24) is 15.1 Å². The molecule has 0 aliphatic rings. The van der Waals surface area contributed by atoms with Gasteiger partial charge in [0.1, 0.15) is 0 Å². The van der Waals surface area contributed by atoms with E-state index in [2.05, 4.69) is 77.6 Å². The average Bonchev–Trinajstić information content (AvgIpc) is 2.77. The Bertz CT molecular complexity index is 322. The fourth-order valence-electron chi connectivity index (χ4n) is 1.61. The molecule has 0 fully saturated rings. The normalized spacial score (nSPS) is 15.2. The van der Waals surface area contributed by atoms with Crippen LogP contribution in [-0.2, 0) is 6.54 Å². The first-order valence-corrected chi connectivity index (χ1v) is 7.94. The summed E-state index contributed by atoms with van der Waals surface area (Å²) in [5.41, 5.74) is 1.14. The molecule has 1 rings (SSSR count). The van der Waals surface area contributed by atoms with Gasteiger partial charge in [0.25, 0.3) is 0 Å². The highest BCUT2D eigenvalue weighted by atomic mass is 127. The first-order valence-electron chi connectivity index (χ1n) is 6.41. The second kappa shape index (κ2) is 7.36. The minimum absolute atomic E-state index is 0.495. The van der Waals surface area contributed by atoms with E-state index in [4.69, 9.17) is 0 Å². The summed E-state index contributed by atoms with van der Waals surface area (Å²) in [6, 6.07) is 3.18. The summed E-state index contributed by atoms with van der Waals surface area (Å²) in [5.74, 6) is 0.670. The molecule has 0 saturated carbocycles. The Labute approximate surface area is 118 Å². The van der Waals surface area contributed by atoms with Crippen molar-refractivity contribution in [3.8, 4) is 0 Å². The van der Waals surface area contributed by atoms with Gasteiger partial charge in [-0.3, -0.25) is 4.68 Å². The van der Waals surface area contributed by atoms with Crippen molar-refractivity contribution in [2.75, 3.05) is 4.43 Å². The van der Waals surface area contributed by atoms with Gasteiger partial charge in [-0.1, -0.05) is 43.4 Å². The standard InChI is InChI=1S/C13H24IN3/c1-5-11(4)17-7-6-12(16-17)9-15-13(8-14)10(2)3/h6-7,10-11,13,15H,5,8-9H2,1-4H3. The van der Waals surface area contributed by atoms with E-state index in [1.54, 1.807) is 0 Å². The highest BCUT2D eigenvalue weighted by Crippen LogP contribution is 2.10. The molecular formula is C13H24IN3. The zero-order valence-electron chi connectivity index (χ0n) is 11.3. The van der Waals surface area contributed by atoms with Crippen molar-refractivity contribution in [2.24, 2.45) is 5.92 Å². The van der Waals surface area contributed by atoms with Gasteiger partial charge in [-0.2, -0.15) is 5.10 Å². The largest absolute Gasteiger partial charge is 0.307 e. The average molecular weight is 349 g/mol. The minimum atomic E-state index is 0.495. The number of nitrogens with zero attached hydrogens (tertiary/aromatic N) is 2. The highest BCUT2D eigenvalue weighted by Gasteiger charge is 2.11. The molecule has 0 aromatic carbocycles. The van der Waals surface area contributed by atoms with E-state index in [1.807, 2.05) is 0 Å². The number of halogens is 1. The lowest BCUT2D eigenvalue weighted by molar-refractivity contribution is 0.427. The lowest BCUT2D eigenvalue weighted by Gasteiger charge is -2.19. The van der Waals surface area contributed by atoms with Crippen molar-refractivity contribution in [3.05, 3.63) is 18.0 Å². The summed E-state index contributed by atoms with van der Waals surface area (Å²) in [6.45, 7) is 9.78. The van der Waals surface area contributed by atoms with Gasteiger partial charge in [-0.15, -0.1) is 0 Å². The maximum atomic E-state index is 4.60. The van der Waals surface area contributed by atoms with Crippen LogP contribution in [-0.4, -0.2) is 20.2 Å². The zero-order valence-corrected chi connectivity index (χ0v) is 13.4. The Hall–Kier alpha value is -0.100. The molecule has 0 aliphatic carbocycles. The van der Waals surface area contributed by atoms with Crippen LogP contribution in [0.2, 0.25) is 0 Å². The van der Waals surface area contributed by atoms with Crippen LogP contribution in [0.1, 0.15) is 45.9 Å². The Morgan fingerprint density at radius 2 is 2.12 bits per heavy atom. The summed E-state index contributed by atoms with van der Waals surface area (Å²) in [6.07, 6.45) is 3.20. The smallest absolute Gasteiger partial charge is 0.0762 e. The van der Waals surface area contributed by atoms with Gasteiger partial charge in [-0.25, -0.2) is 0 Å². The topological polar surface area (TPSA) is 29.9 Å². The summed E-state index contributed by atoms with van der Waals surface area (Å²) >= 11 is 2.44. The molecule has 0 amide bonds. The van der Waals surface area contributed by atoms with Gasteiger partial charge in [0, 0.05) is 29.3 Å². The lowest BCUT2D eigenvalue weighted by Crippen LogP contribution is -2.34. The molecule has 1 aromatic rings. The van der Waals surface area contributed by atoms with Crippen molar-refractivity contribution in [1.29, 1.82) is 0 Å². The Balaban J connectivity index is 2.49. The summed E-state index contributed by atoms with van der Waals surface area (Å²) < 4.78 is 3.20. The molecule has 1 heterocycles. The van der Waals surface area contributed by atoms with Crippen LogP contribution in [0.4, 0.5) is 0 Å². The number of hydrogen-bond acceptors (Lipinski definition) is 2. The quantitative estimate of drug-likeness (QED) is 0.604. The predicted molar refractivity (Wildman–Crippen MR) is 81.6 cm³/mol. The molecule has 1 aromatic heterocycles. The molecule has 17 heavy (non-hydrogen) atoms. The first-order chi connectivity index (χ1) is 8.08.